The number of urea groups is 1. The highest BCUT2D eigenvalue weighted by Gasteiger charge is 2.39. The van der Waals surface area contributed by atoms with Crippen LogP contribution >= 0.6 is 0 Å². The third-order valence-electron chi connectivity index (χ3n) is 2.75. The zero-order valence-electron chi connectivity index (χ0n) is 10.7. The molecular formula is C10H18N2O6S. The zero-order valence-corrected chi connectivity index (χ0v) is 11.6. The topological polar surface area (TPSA) is 124 Å². The van der Waals surface area contributed by atoms with Gasteiger partial charge in [-0.05, 0) is 6.92 Å². The molecule has 19 heavy (non-hydrogen) atoms. The summed E-state index contributed by atoms with van der Waals surface area (Å²) in [6.07, 6.45) is 0.149. The molecule has 9 heteroatoms. The average Bonchev–Trinajstić information content (AvgIpc) is 2.57. The molecule has 3 unspecified atom stereocenters. The third kappa shape index (κ3) is 4.67. The smallest absolute Gasteiger partial charge is 0.326 e. The van der Waals surface area contributed by atoms with Crippen LogP contribution in [0.3, 0.4) is 0 Å². The SMILES string of the molecule is CC(CS(C)(=O)=O)NC(=O)N1CC(O)CC1C(=O)O. The summed E-state index contributed by atoms with van der Waals surface area (Å²) in [6, 6.07) is -2.39. The molecule has 0 aromatic carbocycles. The predicted octanol–water partition coefficient (Wildman–Crippen LogP) is -1.35. The van der Waals surface area contributed by atoms with Crippen LogP contribution in [0.25, 0.3) is 0 Å². The van der Waals surface area contributed by atoms with E-state index in [9.17, 15) is 23.1 Å². The number of carboxylic acid groups (broad SMARTS) is 1. The standard InChI is InChI=1S/C10H18N2O6S/c1-6(5-19(2,17)18)11-10(16)12-4-7(13)3-8(12)9(14)15/h6-8,13H,3-5H2,1-2H3,(H,11,16)(H,14,15). The fourth-order valence-electron chi connectivity index (χ4n) is 2.06. The molecule has 3 N–H and O–H groups in total. The first-order chi connectivity index (χ1) is 8.60. The molecule has 0 radical (unpaired) electrons. The van der Waals surface area contributed by atoms with E-state index in [2.05, 4.69) is 5.32 Å². The molecule has 110 valence electrons. The van der Waals surface area contributed by atoms with Crippen LogP contribution in [0.1, 0.15) is 13.3 Å². The van der Waals surface area contributed by atoms with Crippen LogP contribution in [-0.2, 0) is 14.6 Å². The first kappa shape index (κ1) is 15.7. The Kier molecular flexibility index (Phi) is 4.75. The van der Waals surface area contributed by atoms with E-state index >= 15 is 0 Å². The van der Waals surface area contributed by atoms with Gasteiger partial charge < -0.3 is 20.4 Å². The van der Waals surface area contributed by atoms with Gasteiger partial charge in [-0.3, -0.25) is 0 Å². The number of carbonyl (C=O) groups excluding carboxylic acids is 1. The van der Waals surface area contributed by atoms with Crippen molar-refractivity contribution in [2.45, 2.75) is 31.5 Å². The lowest BCUT2D eigenvalue weighted by molar-refractivity contribution is -0.141. The van der Waals surface area contributed by atoms with Crippen molar-refractivity contribution < 1.29 is 28.2 Å². The Morgan fingerprint density at radius 3 is 2.53 bits per heavy atom. The predicted molar refractivity (Wildman–Crippen MR) is 66.5 cm³/mol. The molecule has 1 rings (SSSR count). The van der Waals surface area contributed by atoms with Crippen LogP contribution in [0.5, 0.6) is 0 Å². The van der Waals surface area contributed by atoms with Gasteiger partial charge in [0.05, 0.1) is 11.9 Å². The molecule has 0 bridgehead atoms. The molecule has 1 heterocycles. The number of β-amino-alcohol motifs (C(OH)–C–C–N with tert-alkyl or cyclic N) is 1. The summed E-state index contributed by atoms with van der Waals surface area (Å²) in [5, 5.41) is 20.8. The van der Waals surface area contributed by atoms with Crippen LogP contribution < -0.4 is 5.32 Å². The molecule has 0 aliphatic carbocycles. The molecule has 1 saturated heterocycles. The van der Waals surface area contributed by atoms with Crippen LogP contribution in [0.15, 0.2) is 0 Å². The molecule has 0 saturated carbocycles. The van der Waals surface area contributed by atoms with Gasteiger partial charge in [-0.2, -0.15) is 0 Å². The van der Waals surface area contributed by atoms with Crippen molar-refractivity contribution in [1.82, 2.24) is 10.2 Å². The first-order valence-corrected chi connectivity index (χ1v) is 7.82. The molecular weight excluding hydrogens is 276 g/mol. The minimum Gasteiger partial charge on any atom is -0.480 e. The average molecular weight is 294 g/mol. The summed E-state index contributed by atoms with van der Waals surface area (Å²) in [6.45, 7) is 1.44. The summed E-state index contributed by atoms with van der Waals surface area (Å²) in [5.41, 5.74) is 0. The van der Waals surface area contributed by atoms with Gasteiger partial charge in [-0.25, -0.2) is 18.0 Å². The number of hydrogen-bond acceptors (Lipinski definition) is 5. The minimum atomic E-state index is -3.23. The lowest BCUT2D eigenvalue weighted by Gasteiger charge is -2.23. The highest BCUT2D eigenvalue weighted by atomic mass is 32.2. The van der Waals surface area contributed by atoms with Gasteiger partial charge in [-0.1, -0.05) is 0 Å². The largest absolute Gasteiger partial charge is 0.480 e. The minimum absolute atomic E-state index is 0.0246. The van der Waals surface area contributed by atoms with E-state index in [4.69, 9.17) is 5.11 Å². The number of nitrogens with zero attached hydrogens (tertiary/aromatic N) is 1. The van der Waals surface area contributed by atoms with Gasteiger partial charge in [-0.15, -0.1) is 0 Å². The fourth-order valence-corrected chi connectivity index (χ4v) is 3.05. The fraction of sp³-hybridized carbons (Fsp3) is 0.800. The van der Waals surface area contributed by atoms with Gasteiger partial charge >= 0.3 is 12.0 Å². The molecule has 8 nitrogen and oxygen atoms in total. The van der Waals surface area contributed by atoms with Crippen LogP contribution in [0.4, 0.5) is 4.79 Å². The van der Waals surface area contributed by atoms with Crippen LogP contribution in [-0.4, -0.2) is 72.3 Å². The first-order valence-electron chi connectivity index (χ1n) is 5.76. The van der Waals surface area contributed by atoms with Gasteiger partial charge in [0.1, 0.15) is 15.9 Å². The summed E-state index contributed by atoms with van der Waals surface area (Å²) in [5.74, 6) is -1.42. The maximum absolute atomic E-state index is 11.8. The maximum atomic E-state index is 11.8. The van der Waals surface area contributed by atoms with Crippen molar-refractivity contribution in [2.75, 3.05) is 18.6 Å². The second-order valence-corrected chi connectivity index (χ2v) is 7.02. The van der Waals surface area contributed by atoms with Gasteiger partial charge in [0.25, 0.3) is 0 Å². The molecule has 1 aliphatic heterocycles. The number of rotatable bonds is 4. The second kappa shape index (κ2) is 5.74. The number of hydrogen-bond donors (Lipinski definition) is 3. The molecule has 0 aromatic rings. The number of likely N-dealkylation sites (tertiary alicyclic amines) is 1. The highest BCUT2D eigenvalue weighted by Crippen LogP contribution is 2.18. The summed E-state index contributed by atoms with van der Waals surface area (Å²) >= 11 is 0. The van der Waals surface area contributed by atoms with Crippen molar-refractivity contribution >= 4 is 21.8 Å². The van der Waals surface area contributed by atoms with Gasteiger partial charge in [0.15, 0.2) is 0 Å². The number of carbonyl (C=O) groups is 2. The Balaban J connectivity index is 2.64. The van der Waals surface area contributed by atoms with E-state index in [1.165, 1.54) is 6.92 Å². The Labute approximate surface area is 111 Å². The normalized spacial score (nSPS) is 25.1. The van der Waals surface area contributed by atoms with E-state index in [-0.39, 0.29) is 18.7 Å². The Morgan fingerprint density at radius 1 is 1.47 bits per heavy atom. The monoisotopic (exact) mass is 294 g/mol. The molecule has 1 aliphatic rings. The number of aliphatic carboxylic acids is 1. The summed E-state index contributed by atoms with van der Waals surface area (Å²) in [7, 11) is -3.23. The molecule has 1 fully saturated rings. The quantitative estimate of drug-likeness (QED) is 0.589. The Morgan fingerprint density at radius 2 is 2.05 bits per heavy atom. The van der Waals surface area contributed by atoms with Crippen molar-refractivity contribution in [1.29, 1.82) is 0 Å². The Bertz CT molecular complexity index is 463. The lowest BCUT2D eigenvalue weighted by Crippen LogP contribution is -2.49. The van der Waals surface area contributed by atoms with Crippen molar-refractivity contribution in [3.05, 3.63) is 0 Å². The number of aliphatic hydroxyl groups excluding tert-OH is 1. The van der Waals surface area contributed by atoms with Crippen molar-refractivity contribution in [3.8, 4) is 0 Å². The Hall–Kier alpha value is -1.35. The van der Waals surface area contributed by atoms with Crippen molar-refractivity contribution in [2.24, 2.45) is 0 Å². The molecule has 3 atom stereocenters. The maximum Gasteiger partial charge on any atom is 0.326 e. The molecule has 2 amide bonds. The lowest BCUT2D eigenvalue weighted by atomic mass is 10.2. The molecule has 0 spiro atoms. The van der Waals surface area contributed by atoms with Crippen LogP contribution in [0, 0.1) is 0 Å². The van der Waals surface area contributed by atoms with E-state index < -0.39 is 40.0 Å². The third-order valence-corrected chi connectivity index (χ3v) is 3.85. The number of sulfone groups is 1. The van der Waals surface area contributed by atoms with E-state index in [0.717, 1.165) is 11.2 Å². The van der Waals surface area contributed by atoms with E-state index in [1.54, 1.807) is 0 Å². The molecule has 0 aromatic heterocycles. The van der Waals surface area contributed by atoms with E-state index in [0.29, 0.717) is 0 Å². The van der Waals surface area contributed by atoms with Crippen LogP contribution in [0.2, 0.25) is 0 Å². The number of amides is 2. The summed E-state index contributed by atoms with van der Waals surface area (Å²) < 4.78 is 22.1. The highest BCUT2D eigenvalue weighted by molar-refractivity contribution is 7.90. The zero-order chi connectivity index (χ0) is 14.8. The van der Waals surface area contributed by atoms with E-state index in [1.807, 2.05) is 0 Å². The second-order valence-electron chi connectivity index (χ2n) is 4.84. The van der Waals surface area contributed by atoms with Gasteiger partial charge in [0, 0.05) is 25.3 Å². The number of carboxylic acids is 1. The number of aliphatic hydroxyl groups is 1. The van der Waals surface area contributed by atoms with Crippen molar-refractivity contribution in [3.63, 3.8) is 0 Å². The van der Waals surface area contributed by atoms with Gasteiger partial charge in [0.2, 0.25) is 0 Å². The number of nitrogens with one attached hydrogen (secondary N) is 1. The summed E-state index contributed by atoms with van der Waals surface area (Å²) in [4.78, 5) is 23.8.